The van der Waals surface area contributed by atoms with Gasteiger partial charge in [-0.2, -0.15) is 0 Å². The first-order chi connectivity index (χ1) is 26.8. The van der Waals surface area contributed by atoms with Crippen molar-refractivity contribution >= 4 is 54.3 Å². The van der Waals surface area contributed by atoms with Crippen LogP contribution in [0.5, 0.6) is 0 Å². The third-order valence-electron chi connectivity index (χ3n) is 9.59. The molecule has 0 fully saturated rings. The van der Waals surface area contributed by atoms with Gasteiger partial charge in [0.05, 0.1) is 8.22 Å². The van der Waals surface area contributed by atoms with Crippen LogP contribution in [0.2, 0.25) is 0 Å². The fourth-order valence-electron chi connectivity index (χ4n) is 7.45. The van der Waals surface area contributed by atoms with Gasteiger partial charge in [-0.3, -0.25) is 0 Å². The largest absolute Gasteiger partial charge is 0.456 e. The van der Waals surface area contributed by atoms with Crippen LogP contribution >= 0.6 is 0 Å². The van der Waals surface area contributed by atoms with Crippen molar-refractivity contribution in [1.82, 2.24) is 0 Å². The summed E-state index contributed by atoms with van der Waals surface area (Å²) in [6.45, 7) is 0. The van der Waals surface area contributed by atoms with Crippen molar-refractivity contribution in [2.45, 2.75) is 0 Å². The number of fused-ring (bicyclic) bond motifs is 6. The molecule has 0 saturated heterocycles. The predicted octanol–water partition coefficient (Wildman–Crippen LogP) is 13.7. The van der Waals surface area contributed by atoms with E-state index in [-0.39, 0.29) is 40.5 Å². The minimum Gasteiger partial charge on any atom is -0.456 e. The molecular weight excluding hydrogens is 593 g/mol. The van der Waals surface area contributed by atoms with E-state index in [4.69, 9.17) is 11.3 Å². The van der Waals surface area contributed by atoms with Crippen LogP contribution in [0.1, 0.15) is 8.22 Å². The summed E-state index contributed by atoms with van der Waals surface area (Å²) in [7, 11) is 0. The minimum absolute atomic E-state index is 0.0116. The fraction of sp³-hybridized carbons (Fsp3) is 0. The quantitative estimate of drug-likeness (QED) is 0.177. The molecule has 0 unspecified atom stereocenters. The third-order valence-corrected chi connectivity index (χ3v) is 9.59. The van der Waals surface area contributed by atoms with Gasteiger partial charge in [0.1, 0.15) is 11.2 Å². The zero-order valence-corrected chi connectivity index (χ0v) is 26.3. The lowest BCUT2D eigenvalue weighted by Crippen LogP contribution is -1.92. The second-order valence-corrected chi connectivity index (χ2v) is 12.3. The second-order valence-electron chi connectivity index (χ2n) is 12.3. The summed E-state index contributed by atoms with van der Waals surface area (Å²) in [6, 6.07) is 48.6. The number of furan rings is 1. The molecule has 0 aliphatic carbocycles. The van der Waals surface area contributed by atoms with E-state index in [0.29, 0.717) is 16.4 Å². The molecule has 49 heavy (non-hydrogen) atoms. The van der Waals surface area contributed by atoms with Gasteiger partial charge in [-0.25, -0.2) is 0 Å². The van der Waals surface area contributed by atoms with Gasteiger partial charge in [0.25, 0.3) is 0 Å². The van der Waals surface area contributed by atoms with Gasteiger partial charge in [0.15, 0.2) is 0 Å². The van der Waals surface area contributed by atoms with E-state index < -0.39 is 12.1 Å². The zero-order chi connectivity index (χ0) is 37.5. The van der Waals surface area contributed by atoms with E-state index in [1.165, 1.54) is 22.3 Å². The summed E-state index contributed by atoms with van der Waals surface area (Å²) in [5.74, 6) is 0. The first kappa shape index (κ1) is 22.2. The van der Waals surface area contributed by atoms with Crippen molar-refractivity contribution in [3.8, 4) is 44.5 Å². The standard InChI is InChI=1S/C48H30O/c1-2-13-31(14-3-1)36-17-6-7-18-38(36)47-41-21-10-8-19-39(41)46(40-20-9-11-22-42(40)47)33-27-25-32(26-28-33)37-23-12-24-44-48(37)43-29-34-15-4-5-16-35(34)30-45(43)49-44/h1-30H/i4D,5D,15D,16D,29D,30D. The van der Waals surface area contributed by atoms with Crippen LogP contribution in [0.4, 0.5) is 0 Å². The van der Waals surface area contributed by atoms with Crippen molar-refractivity contribution in [3.63, 3.8) is 0 Å². The molecule has 1 heterocycles. The molecule has 1 nitrogen and oxygen atoms in total. The van der Waals surface area contributed by atoms with Crippen LogP contribution < -0.4 is 0 Å². The Morgan fingerprint density at radius 1 is 0.367 bits per heavy atom. The normalized spacial score (nSPS) is 13.4. The lowest BCUT2D eigenvalue weighted by Gasteiger charge is -2.20. The first-order valence-corrected chi connectivity index (χ1v) is 16.4. The fourth-order valence-corrected chi connectivity index (χ4v) is 7.45. The Balaban J connectivity index is 1.18. The first-order valence-electron chi connectivity index (χ1n) is 19.4. The van der Waals surface area contributed by atoms with Crippen LogP contribution in [0.15, 0.2) is 186 Å². The molecule has 0 aliphatic heterocycles. The Kier molecular flexibility index (Phi) is 5.02. The number of hydrogen-bond acceptors (Lipinski definition) is 1. The molecule has 228 valence electrons. The average Bonchev–Trinajstić information content (AvgIpc) is 3.64. The maximum Gasteiger partial charge on any atom is 0.136 e. The molecule has 10 aromatic rings. The van der Waals surface area contributed by atoms with Crippen molar-refractivity contribution < 1.29 is 12.6 Å². The summed E-state index contributed by atoms with van der Waals surface area (Å²) in [5.41, 5.74) is 9.22. The highest BCUT2D eigenvalue weighted by Gasteiger charge is 2.19. The molecular formula is C48H30O. The topological polar surface area (TPSA) is 13.1 Å². The van der Waals surface area contributed by atoms with Gasteiger partial charge >= 0.3 is 0 Å². The van der Waals surface area contributed by atoms with E-state index in [1.807, 2.05) is 18.2 Å². The number of rotatable bonds is 4. The molecule has 0 aliphatic rings. The predicted molar refractivity (Wildman–Crippen MR) is 208 cm³/mol. The van der Waals surface area contributed by atoms with Crippen molar-refractivity contribution in [2.24, 2.45) is 0 Å². The monoisotopic (exact) mass is 628 g/mol. The number of hydrogen-bond donors (Lipinski definition) is 0. The Bertz CT molecular complexity index is 3150. The molecule has 0 saturated carbocycles. The lowest BCUT2D eigenvalue weighted by atomic mass is 9.83. The Morgan fingerprint density at radius 2 is 0.898 bits per heavy atom. The van der Waals surface area contributed by atoms with Crippen LogP contribution in [0.25, 0.3) is 98.8 Å². The van der Waals surface area contributed by atoms with E-state index in [2.05, 4.69) is 121 Å². The van der Waals surface area contributed by atoms with Crippen LogP contribution in [-0.4, -0.2) is 0 Å². The molecule has 0 N–H and O–H groups in total. The molecule has 10 rings (SSSR count). The Morgan fingerprint density at radius 3 is 1.59 bits per heavy atom. The van der Waals surface area contributed by atoms with Gasteiger partial charge in [-0.15, -0.1) is 0 Å². The Hall–Kier alpha value is -6.44. The molecule has 0 atom stereocenters. The van der Waals surface area contributed by atoms with Crippen molar-refractivity contribution in [1.29, 1.82) is 0 Å². The van der Waals surface area contributed by atoms with Crippen molar-refractivity contribution in [3.05, 3.63) is 182 Å². The maximum atomic E-state index is 9.24. The SMILES string of the molecule is [2H]c1c([2H])c([2H])c2c([2H])c3c(oc4cccc(-c5ccc(-c6c7ccccc7c(-c7ccccc7-c7ccccc7)c7ccccc67)cc5)c43)c([2H])c2c1[2H]. The van der Waals surface area contributed by atoms with Gasteiger partial charge in [0, 0.05) is 10.8 Å². The summed E-state index contributed by atoms with van der Waals surface area (Å²) in [5, 5.41) is 5.62. The highest BCUT2D eigenvalue weighted by Crippen LogP contribution is 2.46. The lowest BCUT2D eigenvalue weighted by molar-refractivity contribution is 0.669. The van der Waals surface area contributed by atoms with E-state index in [0.717, 1.165) is 43.8 Å². The van der Waals surface area contributed by atoms with Crippen LogP contribution in [0.3, 0.4) is 0 Å². The molecule has 1 aromatic heterocycles. The summed E-state index contributed by atoms with van der Waals surface area (Å²) < 4.78 is 58.0. The molecule has 9 aromatic carbocycles. The van der Waals surface area contributed by atoms with Crippen molar-refractivity contribution in [2.75, 3.05) is 0 Å². The average molecular weight is 629 g/mol. The highest BCUT2D eigenvalue weighted by molar-refractivity contribution is 6.22. The third kappa shape index (κ3) is 4.40. The molecule has 1 heteroatoms. The molecule has 0 radical (unpaired) electrons. The second kappa shape index (κ2) is 11.1. The molecule has 0 bridgehead atoms. The molecule has 0 spiro atoms. The maximum absolute atomic E-state index is 9.24. The minimum atomic E-state index is -0.436. The summed E-state index contributed by atoms with van der Waals surface area (Å²) in [4.78, 5) is 0. The van der Waals surface area contributed by atoms with Gasteiger partial charge < -0.3 is 4.42 Å². The van der Waals surface area contributed by atoms with Gasteiger partial charge in [-0.1, -0.05) is 164 Å². The smallest absolute Gasteiger partial charge is 0.136 e. The summed E-state index contributed by atoms with van der Waals surface area (Å²) in [6.07, 6.45) is 0. The summed E-state index contributed by atoms with van der Waals surface area (Å²) >= 11 is 0. The number of benzene rings is 9. The van der Waals surface area contributed by atoms with Crippen LogP contribution in [-0.2, 0) is 0 Å². The molecule has 0 amide bonds. The van der Waals surface area contributed by atoms with E-state index in [1.54, 1.807) is 6.07 Å². The Labute approximate surface area is 292 Å². The van der Waals surface area contributed by atoms with Crippen LogP contribution in [0, 0.1) is 0 Å². The highest BCUT2D eigenvalue weighted by atomic mass is 16.3. The van der Waals surface area contributed by atoms with Gasteiger partial charge in [-0.05, 0) is 95.0 Å². The van der Waals surface area contributed by atoms with E-state index in [9.17, 15) is 1.37 Å². The van der Waals surface area contributed by atoms with Gasteiger partial charge in [0.2, 0.25) is 0 Å². The van der Waals surface area contributed by atoms with E-state index >= 15 is 0 Å². The zero-order valence-electron chi connectivity index (χ0n) is 32.3.